The summed E-state index contributed by atoms with van der Waals surface area (Å²) in [6.45, 7) is 13.3. The Morgan fingerprint density at radius 2 is 1.28 bits per heavy atom. The largest absolute Gasteiger partial charge is 0.293 e. The Bertz CT molecular complexity index is 942. The fraction of sp³-hybridized carbons (Fsp3) is 0.360. The number of hydrogen-bond acceptors (Lipinski definition) is 3. The molecule has 0 radical (unpaired) electrons. The van der Waals surface area contributed by atoms with Crippen molar-refractivity contribution in [1.82, 2.24) is 4.90 Å². The number of nitrogens with zero attached hydrogens (tertiary/aromatic N) is 1. The Balaban J connectivity index is 1.75. The molecular weight excluding hydrogens is 378 g/mol. The predicted molar refractivity (Wildman–Crippen MR) is 122 cm³/mol. The van der Waals surface area contributed by atoms with E-state index in [1.54, 1.807) is 6.08 Å². The number of rotatable bonds is 3. The van der Waals surface area contributed by atoms with E-state index >= 15 is 0 Å². The topological polar surface area (TPSA) is 37.4 Å². The molecule has 1 saturated heterocycles. The molecule has 0 bridgehead atoms. The van der Waals surface area contributed by atoms with Crippen LogP contribution in [0.5, 0.6) is 0 Å². The highest BCUT2D eigenvalue weighted by molar-refractivity contribution is 8.18. The zero-order valence-corrected chi connectivity index (χ0v) is 18.9. The first-order valence-corrected chi connectivity index (χ1v) is 10.7. The summed E-state index contributed by atoms with van der Waals surface area (Å²) in [5.74, 6) is -0.222. The monoisotopic (exact) mass is 407 g/mol. The molecule has 2 aromatic rings. The molecule has 1 fully saturated rings. The molecule has 0 aromatic heterocycles. The summed E-state index contributed by atoms with van der Waals surface area (Å²) >= 11 is 1.01. The molecule has 0 aliphatic carbocycles. The van der Waals surface area contributed by atoms with Crippen LogP contribution in [0.1, 0.15) is 63.8 Å². The third kappa shape index (κ3) is 4.99. The van der Waals surface area contributed by atoms with Crippen molar-refractivity contribution in [1.29, 1.82) is 0 Å². The van der Waals surface area contributed by atoms with Crippen molar-refractivity contribution in [2.75, 3.05) is 0 Å². The lowest BCUT2D eigenvalue weighted by Gasteiger charge is -2.20. The van der Waals surface area contributed by atoms with Gasteiger partial charge in [0.15, 0.2) is 0 Å². The Hall–Kier alpha value is -2.33. The third-order valence-corrected chi connectivity index (χ3v) is 6.02. The highest BCUT2D eigenvalue weighted by atomic mass is 32.2. The van der Waals surface area contributed by atoms with Gasteiger partial charge in [0.25, 0.3) is 11.1 Å². The van der Waals surface area contributed by atoms with Crippen molar-refractivity contribution in [3.8, 4) is 0 Å². The average molecular weight is 408 g/mol. The van der Waals surface area contributed by atoms with Crippen LogP contribution in [-0.4, -0.2) is 16.0 Å². The van der Waals surface area contributed by atoms with Crippen LogP contribution in [0, 0.1) is 0 Å². The van der Waals surface area contributed by atoms with Crippen molar-refractivity contribution >= 4 is 29.0 Å². The van der Waals surface area contributed by atoms with Crippen molar-refractivity contribution in [3.63, 3.8) is 0 Å². The molecule has 0 atom stereocenters. The second-order valence-electron chi connectivity index (χ2n) is 9.59. The Kier molecular flexibility index (Phi) is 5.77. The van der Waals surface area contributed by atoms with Gasteiger partial charge < -0.3 is 0 Å². The maximum atomic E-state index is 12.8. The standard InChI is InChI=1S/C25H29NO2S/c1-24(2,3)19-11-7-17(8-12-19)15-21-22(27)26(23(28)29-21)16-18-9-13-20(14-10-18)25(4,5)6/h7-15H,16H2,1-6H3/b21-15-. The lowest BCUT2D eigenvalue weighted by Crippen LogP contribution is -2.27. The SMILES string of the molecule is CC(C)(C)c1ccc(/C=C2\SC(=O)N(Cc3ccc(C(C)(C)C)cc3)C2=O)cc1. The van der Waals surface area contributed by atoms with Crippen LogP contribution in [0.3, 0.4) is 0 Å². The van der Waals surface area contributed by atoms with Crippen LogP contribution in [0.15, 0.2) is 53.4 Å². The molecule has 2 aromatic carbocycles. The number of carbonyl (C=O) groups excluding carboxylic acids is 2. The molecule has 4 heteroatoms. The van der Waals surface area contributed by atoms with Gasteiger partial charge in [0, 0.05) is 0 Å². The molecule has 1 aliphatic rings. The summed E-state index contributed by atoms with van der Waals surface area (Å²) in [7, 11) is 0. The minimum atomic E-state index is -0.222. The van der Waals surface area contributed by atoms with Crippen LogP contribution in [-0.2, 0) is 22.2 Å². The van der Waals surface area contributed by atoms with Crippen molar-refractivity contribution < 1.29 is 9.59 Å². The van der Waals surface area contributed by atoms with E-state index in [1.165, 1.54) is 16.0 Å². The lowest BCUT2D eigenvalue weighted by molar-refractivity contribution is -0.123. The highest BCUT2D eigenvalue weighted by Crippen LogP contribution is 2.34. The highest BCUT2D eigenvalue weighted by Gasteiger charge is 2.35. The summed E-state index contributed by atoms with van der Waals surface area (Å²) in [5, 5.41) is -0.215. The number of thioether (sulfide) groups is 1. The fourth-order valence-electron chi connectivity index (χ4n) is 3.16. The molecule has 29 heavy (non-hydrogen) atoms. The second kappa shape index (κ2) is 7.83. The van der Waals surface area contributed by atoms with E-state index in [1.807, 2.05) is 24.3 Å². The minimum Gasteiger partial charge on any atom is -0.268 e. The maximum absolute atomic E-state index is 12.8. The second-order valence-corrected chi connectivity index (χ2v) is 10.6. The van der Waals surface area contributed by atoms with Gasteiger partial charge in [-0.3, -0.25) is 14.5 Å². The van der Waals surface area contributed by atoms with Gasteiger partial charge in [-0.2, -0.15) is 0 Å². The molecule has 152 valence electrons. The van der Waals surface area contributed by atoms with E-state index in [9.17, 15) is 9.59 Å². The molecule has 0 unspecified atom stereocenters. The van der Waals surface area contributed by atoms with E-state index in [0.717, 1.165) is 22.9 Å². The third-order valence-electron chi connectivity index (χ3n) is 5.11. The first-order chi connectivity index (χ1) is 13.4. The van der Waals surface area contributed by atoms with Gasteiger partial charge in [0.05, 0.1) is 11.4 Å². The molecule has 0 spiro atoms. The Labute approximate surface area is 178 Å². The van der Waals surface area contributed by atoms with Gasteiger partial charge in [-0.25, -0.2) is 0 Å². The zero-order valence-electron chi connectivity index (χ0n) is 18.1. The van der Waals surface area contributed by atoms with E-state index in [-0.39, 0.29) is 22.0 Å². The maximum Gasteiger partial charge on any atom is 0.293 e. The van der Waals surface area contributed by atoms with Crippen LogP contribution >= 0.6 is 11.8 Å². The fourth-order valence-corrected chi connectivity index (χ4v) is 4.00. The summed E-state index contributed by atoms with van der Waals surface area (Å²) < 4.78 is 0. The zero-order chi connectivity index (χ0) is 21.4. The van der Waals surface area contributed by atoms with E-state index in [0.29, 0.717) is 11.4 Å². The average Bonchev–Trinajstić information content (AvgIpc) is 2.88. The van der Waals surface area contributed by atoms with Crippen molar-refractivity contribution in [2.45, 2.75) is 58.9 Å². The van der Waals surface area contributed by atoms with Crippen molar-refractivity contribution in [2.24, 2.45) is 0 Å². The molecule has 0 saturated carbocycles. The van der Waals surface area contributed by atoms with Crippen LogP contribution in [0.4, 0.5) is 4.79 Å². The number of benzene rings is 2. The molecule has 0 N–H and O–H groups in total. The first-order valence-electron chi connectivity index (χ1n) is 9.90. The van der Waals surface area contributed by atoms with Crippen LogP contribution in [0.25, 0.3) is 6.08 Å². The lowest BCUT2D eigenvalue weighted by atomic mass is 9.87. The van der Waals surface area contributed by atoms with E-state index < -0.39 is 0 Å². The smallest absolute Gasteiger partial charge is 0.268 e. The molecule has 2 amide bonds. The van der Waals surface area contributed by atoms with Crippen molar-refractivity contribution in [3.05, 3.63) is 75.7 Å². The molecule has 3 nitrogen and oxygen atoms in total. The van der Waals surface area contributed by atoms with Gasteiger partial charge in [0.2, 0.25) is 0 Å². The van der Waals surface area contributed by atoms with E-state index in [2.05, 4.69) is 65.8 Å². The summed E-state index contributed by atoms with van der Waals surface area (Å²) in [6.07, 6.45) is 1.81. The molecule has 3 rings (SSSR count). The summed E-state index contributed by atoms with van der Waals surface area (Å²) in [5.41, 5.74) is 4.51. The number of carbonyl (C=O) groups is 2. The summed E-state index contributed by atoms with van der Waals surface area (Å²) in [6, 6.07) is 16.3. The van der Waals surface area contributed by atoms with Crippen LogP contribution in [0.2, 0.25) is 0 Å². The first kappa shape index (κ1) is 21.4. The normalized spacial score (nSPS) is 16.8. The van der Waals surface area contributed by atoms with Gasteiger partial charge in [-0.1, -0.05) is 90.1 Å². The Morgan fingerprint density at radius 3 is 1.76 bits per heavy atom. The van der Waals surface area contributed by atoms with E-state index in [4.69, 9.17) is 0 Å². The number of hydrogen-bond donors (Lipinski definition) is 0. The predicted octanol–water partition coefficient (Wildman–Crippen LogP) is 6.52. The molecule has 1 heterocycles. The van der Waals surface area contributed by atoms with Gasteiger partial charge in [-0.15, -0.1) is 0 Å². The Morgan fingerprint density at radius 1 is 0.793 bits per heavy atom. The van der Waals surface area contributed by atoms with Gasteiger partial charge >= 0.3 is 0 Å². The molecule has 1 aliphatic heterocycles. The number of imide groups is 1. The summed E-state index contributed by atoms with van der Waals surface area (Å²) in [4.78, 5) is 27.0. The van der Waals surface area contributed by atoms with Gasteiger partial charge in [-0.05, 0) is 50.9 Å². The minimum absolute atomic E-state index is 0.0755. The van der Waals surface area contributed by atoms with Gasteiger partial charge in [0.1, 0.15) is 0 Å². The van der Waals surface area contributed by atoms with Crippen LogP contribution < -0.4 is 0 Å². The molecular formula is C25H29NO2S. The quantitative estimate of drug-likeness (QED) is 0.544. The number of amides is 2.